The fourth-order valence-electron chi connectivity index (χ4n) is 3.48. The highest BCUT2D eigenvalue weighted by atomic mass is 19.1. The van der Waals surface area contributed by atoms with Gasteiger partial charge in [-0.1, -0.05) is 12.1 Å². The van der Waals surface area contributed by atoms with Crippen molar-refractivity contribution in [3.05, 3.63) is 41.5 Å². The fourth-order valence-corrected chi connectivity index (χ4v) is 3.48. The molecular weight excluding hydrogens is 309 g/mol. The maximum absolute atomic E-state index is 13.0. The van der Waals surface area contributed by atoms with Crippen LogP contribution in [0.4, 0.5) is 4.39 Å². The minimum Gasteiger partial charge on any atom is -0.388 e. The average Bonchev–Trinajstić information content (AvgIpc) is 3.35. The first kappa shape index (κ1) is 15.7. The molecule has 2 heterocycles. The number of likely N-dealkylation sites (tertiary alicyclic amines) is 1. The maximum atomic E-state index is 13.0. The van der Waals surface area contributed by atoms with Gasteiger partial charge in [-0.05, 0) is 72.8 Å². The smallest absolute Gasteiger partial charge is 0.165 e. The van der Waals surface area contributed by atoms with Gasteiger partial charge in [0.1, 0.15) is 5.82 Å². The molecule has 7 heteroatoms. The summed E-state index contributed by atoms with van der Waals surface area (Å²) in [5, 5.41) is 22.6. The predicted octanol–water partition coefficient (Wildman–Crippen LogP) is 2.09. The van der Waals surface area contributed by atoms with Gasteiger partial charge in [-0.3, -0.25) is 4.90 Å². The molecule has 1 saturated heterocycles. The van der Waals surface area contributed by atoms with Crippen molar-refractivity contribution in [2.24, 2.45) is 5.92 Å². The molecule has 128 valence electrons. The van der Waals surface area contributed by atoms with Gasteiger partial charge in [-0.25, -0.2) is 9.07 Å². The number of aliphatic hydroxyl groups excluding tert-OH is 1. The monoisotopic (exact) mass is 331 g/mol. The lowest BCUT2D eigenvalue weighted by Crippen LogP contribution is -2.36. The lowest BCUT2D eigenvalue weighted by molar-refractivity contribution is 0.0556. The van der Waals surface area contributed by atoms with E-state index in [2.05, 4.69) is 20.4 Å². The van der Waals surface area contributed by atoms with E-state index in [-0.39, 0.29) is 11.7 Å². The zero-order chi connectivity index (χ0) is 16.5. The summed E-state index contributed by atoms with van der Waals surface area (Å²) >= 11 is 0. The van der Waals surface area contributed by atoms with Crippen molar-refractivity contribution >= 4 is 0 Å². The molecule has 4 rings (SSSR count). The van der Waals surface area contributed by atoms with Crippen molar-refractivity contribution in [2.75, 3.05) is 13.1 Å². The van der Waals surface area contributed by atoms with Crippen LogP contribution in [-0.4, -0.2) is 43.3 Å². The topological polar surface area (TPSA) is 67.1 Å². The Kier molecular flexibility index (Phi) is 4.28. The highest BCUT2D eigenvalue weighted by molar-refractivity contribution is 5.19. The Morgan fingerprint density at radius 1 is 1.12 bits per heavy atom. The minimum atomic E-state index is -0.524. The van der Waals surface area contributed by atoms with E-state index >= 15 is 0 Å². The summed E-state index contributed by atoms with van der Waals surface area (Å²) in [6.45, 7) is 2.60. The van der Waals surface area contributed by atoms with E-state index in [0.29, 0.717) is 6.04 Å². The van der Waals surface area contributed by atoms with Crippen LogP contribution in [0.15, 0.2) is 24.3 Å². The van der Waals surface area contributed by atoms with E-state index in [1.807, 2.05) is 4.68 Å². The summed E-state index contributed by atoms with van der Waals surface area (Å²) in [6.07, 6.45) is 3.66. The van der Waals surface area contributed by atoms with Gasteiger partial charge >= 0.3 is 0 Å². The first-order chi connectivity index (χ1) is 11.7. The van der Waals surface area contributed by atoms with E-state index in [1.54, 1.807) is 12.1 Å². The van der Waals surface area contributed by atoms with Crippen molar-refractivity contribution in [3.8, 4) is 0 Å². The Hall–Kier alpha value is -1.86. The number of hydrogen-bond acceptors (Lipinski definition) is 5. The van der Waals surface area contributed by atoms with Gasteiger partial charge in [0.25, 0.3) is 0 Å². The molecule has 0 spiro atoms. The van der Waals surface area contributed by atoms with Crippen LogP contribution in [0.25, 0.3) is 0 Å². The van der Waals surface area contributed by atoms with Gasteiger partial charge in [-0.15, -0.1) is 5.10 Å². The van der Waals surface area contributed by atoms with Crippen LogP contribution in [0, 0.1) is 11.7 Å². The van der Waals surface area contributed by atoms with Crippen molar-refractivity contribution in [3.63, 3.8) is 0 Å². The number of benzene rings is 1. The molecule has 0 radical (unpaired) electrons. The first-order valence-corrected chi connectivity index (χ1v) is 8.63. The van der Waals surface area contributed by atoms with Crippen LogP contribution in [0.1, 0.15) is 49.2 Å². The van der Waals surface area contributed by atoms with Crippen LogP contribution in [0.5, 0.6) is 0 Å². The zero-order valence-electron chi connectivity index (χ0n) is 13.6. The Balaban J connectivity index is 1.33. The summed E-state index contributed by atoms with van der Waals surface area (Å²) in [6, 6.07) is 6.66. The minimum absolute atomic E-state index is 0.214. The molecule has 1 aliphatic carbocycles. The number of aromatic nitrogens is 4. The van der Waals surface area contributed by atoms with Gasteiger partial charge < -0.3 is 5.11 Å². The van der Waals surface area contributed by atoms with Gasteiger partial charge in [0.15, 0.2) is 5.82 Å². The van der Waals surface area contributed by atoms with Gasteiger partial charge in [0, 0.05) is 0 Å². The fraction of sp³-hybridized carbons (Fsp3) is 0.588. The highest BCUT2D eigenvalue weighted by Gasteiger charge is 2.30. The Morgan fingerprint density at radius 2 is 1.83 bits per heavy atom. The lowest BCUT2D eigenvalue weighted by atomic mass is 9.87. The summed E-state index contributed by atoms with van der Waals surface area (Å²) in [5.41, 5.74) is 0.799. The Bertz CT molecular complexity index is 677. The number of hydrogen-bond donors (Lipinski definition) is 1. The maximum Gasteiger partial charge on any atom is 0.165 e. The molecule has 1 aromatic carbocycles. The molecule has 1 unspecified atom stereocenters. The summed E-state index contributed by atoms with van der Waals surface area (Å²) < 4.78 is 15.0. The van der Waals surface area contributed by atoms with E-state index in [4.69, 9.17) is 0 Å². The van der Waals surface area contributed by atoms with Crippen molar-refractivity contribution in [2.45, 2.75) is 44.4 Å². The lowest BCUT2D eigenvalue weighted by Gasteiger charge is -2.34. The summed E-state index contributed by atoms with van der Waals surface area (Å²) in [7, 11) is 0. The number of rotatable bonds is 5. The second kappa shape index (κ2) is 6.57. The molecule has 6 nitrogen and oxygen atoms in total. The van der Waals surface area contributed by atoms with Crippen molar-refractivity contribution in [1.29, 1.82) is 0 Å². The molecule has 1 aromatic heterocycles. The van der Waals surface area contributed by atoms with Gasteiger partial charge in [-0.2, -0.15) is 0 Å². The highest BCUT2D eigenvalue weighted by Crippen LogP contribution is 2.35. The standard InChI is InChI=1S/C17H22FN5O/c18-14-3-1-12(2-4-14)17(24)13-7-9-22(10-8-13)11-16-19-20-21-23(16)15-5-6-15/h1-4,13,15,17,24H,5-11H2. The Morgan fingerprint density at radius 3 is 2.50 bits per heavy atom. The summed E-state index contributed by atoms with van der Waals surface area (Å²) in [5.74, 6) is 0.885. The summed E-state index contributed by atoms with van der Waals surface area (Å²) in [4.78, 5) is 2.35. The second-order valence-corrected chi connectivity index (χ2v) is 6.88. The van der Waals surface area contributed by atoms with Crippen LogP contribution in [-0.2, 0) is 6.54 Å². The molecule has 24 heavy (non-hydrogen) atoms. The quantitative estimate of drug-likeness (QED) is 0.909. The molecule has 1 saturated carbocycles. The number of aliphatic hydroxyl groups is 1. The second-order valence-electron chi connectivity index (χ2n) is 6.88. The molecule has 0 bridgehead atoms. The molecule has 1 N–H and O–H groups in total. The third-order valence-corrected chi connectivity index (χ3v) is 5.11. The van der Waals surface area contributed by atoms with E-state index < -0.39 is 6.10 Å². The largest absolute Gasteiger partial charge is 0.388 e. The first-order valence-electron chi connectivity index (χ1n) is 8.63. The molecule has 2 fully saturated rings. The molecule has 1 atom stereocenters. The van der Waals surface area contributed by atoms with Crippen LogP contribution < -0.4 is 0 Å². The van der Waals surface area contributed by atoms with Crippen LogP contribution in [0.2, 0.25) is 0 Å². The van der Waals surface area contributed by atoms with Crippen molar-refractivity contribution in [1.82, 2.24) is 25.1 Å². The average molecular weight is 331 g/mol. The molecule has 2 aromatic rings. The predicted molar refractivity (Wildman–Crippen MR) is 85.4 cm³/mol. The number of nitrogens with zero attached hydrogens (tertiary/aromatic N) is 5. The van der Waals surface area contributed by atoms with Crippen LogP contribution in [0.3, 0.4) is 0 Å². The number of tetrazole rings is 1. The molecular formula is C17H22FN5O. The molecule has 2 aliphatic rings. The molecule has 1 aliphatic heterocycles. The van der Waals surface area contributed by atoms with E-state index in [1.165, 1.54) is 25.0 Å². The SMILES string of the molecule is OC(c1ccc(F)cc1)C1CCN(Cc2nnnn2C2CC2)CC1. The third kappa shape index (κ3) is 3.32. The normalized spacial score (nSPS) is 21.1. The third-order valence-electron chi connectivity index (χ3n) is 5.11. The number of piperidine rings is 1. The van der Waals surface area contributed by atoms with E-state index in [0.717, 1.165) is 43.9 Å². The van der Waals surface area contributed by atoms with Crippen molar-refractivity contribution < 1.29 is 9.50 Å². The number of halogens is 1. The zero-order valence-corrected chi connectivity index (χ0v) is 13.6. The van der Waals surface area contributed by atoms with Crippen LogP contribution >= 0.6 is 0 Å². The Labute approximate surface area is 140 Å². The molecule has 0 amide bonds. The van der Waals surface area contributed by atoms with Gasteiger partial charge in [0.05, 0.1) is 18.7 Å². The van der Waals surface area contributed by atoms with E-state index in [9.17, 15) is 9.50 Å². The van der Waals surface area contributed by atoms with Gasteiger partial charge in [0.2, 0.25) is 0 Å².